The third-order valence-corrected chi connectivity index (χ3v) is 4.31. The van der Waals surface area contributed by atoms with Crippen LogP contribution < -0.4 is 10.6 Å². The van der Waals surface area contributed by atoms with Crippen molar-refractivity contribution in [3.05, 3.63) is 34.3 Å². The molecule has 0 aromatic heterocycles. The third-order valence-electron chi connectivity index (χ3n) is 3.82. The van der Waals surface area contributed by atoms with E-state index in [1.54, 1.807) is 0 Å². The number of hydrogen-bond donors (Lipinski definition) is 2. The number of amides is 1. The fourth-order valence-electron chi connectivity index (χ4n) is 2.56. The van der Waals surface area contributed by atoms with E-state index < -0.39 is 0 Å². The lowest BCUT2D eigenvalue weighted by Crippen LogP contribution is -2.41. The van der Waals surface area contributed by atoms with Gasteiger partial charge in [0.05, 0.1) is 0 Å². The Balaban J connectivity index is 1.61. The van der Waals surface area contributed by atoms with Crippen LogP contribution in [0.5, 0.6) is 0 Å². The fourth-order valence-corrected chi connectivity index (χ4v) is 2.98. The summed E-state index contributed by atoms with van der Waals surface area (Å²) in [4.78, 5) is 11.5. The second-order valence-electron chi connectivity index (χ2n) is 5.47. The van der Waals surface area contributed by atoms with Gasteiger partial charge < -0.3 is 10.6 Å². The Kier molecular flexibility index (Phi) is 6.05. The molecule has 3 nitrogen and oxygen atoms in total. The lowest BCUT2D eigenvalue weighted by molar-refractivity contribution is -0.121. The zero-order valence-corrected chi connectivity index (χ0v) is 13.6. The van der Waals surface area contributed by atoms with Crippen LogP contribution in [-0.2, 0) is 4.79 Å². The highest BCUT2D eigenvalue weighted by Gasteiger charge is 2.29. The molecule has 2 N–H and O–H groups in total. The summed E-state index contributed by atoms with van der Waals surface area (Å²) >= 11 is 3.52. The zero-order chi connectivity index (χ0) is 14.4. The molecule has 1 fully saturated rings. The van der Waals surface area contributed by atoms with E-state index in [1.165, 1.54) is 18.4 Å². The monoisotopic (exact) mass is 338 g/mol. The van der Waals surface area contributed by atoms with Crippen LogP contribution >= 0.6 is 15.9 Å². The first-order valence-electron chi connectivity index (χ1n) is 7.44. The summed E-state index contributed by atoms with van der Waals surface area (Å²) in [6.07, 6.45) is 3.92. The highest BCUT2D eigenvalue weighted by molar-refractivity contribution is 9.10. The lowest BCUT2D eigenvalue weighted by atomic mass is 9.76. The first-order chi connectivity index (χ1) is 9.69. The summed E-state index contributed by atoms with van der Waals surface area (Å²) in [6, 6.07) is 9.13. The Bertz CT molecular complexity index is 444. The van der Waals surface area contributed by atoms with E-state index in [1.807, 2.05) is 0 Å². The van der Waals surface area contributed by atoms with Gasteiger partial charge in [-0.1, -0.05) is 35.0 Å². The molecule has 1 aromatic rings. The molecule has 0 unspecified atom stereocenters. The first kappa shape index (κ1) is 15.5. The van der Waals surface area contributed by atoms with E-state index >= 15 is 0 Å². The maximum Gasteiger partial charge on any atom is 0.221 e. The van der Waals surface area contributed by atoms with E-state index in [-0.39, 0.29) is 5.91 Å². The summed E-state index contributed by atoms with van der Waals surface area (Å²) in [5, 5.41) is 6.37. The van der Waals surface area contributed by atoms with E-state index in [2.05, 4.69) is 57.8 Å². The van der Waals surface area contributed by atoms with Crippen LogP contribution in [0.15, 0.2) is 28.7 Å². The second kappa shape index (κ2) is 7.79. The minimum atomic E-state index is 0.155. The molecule has 0 spiro atoms. The molecule has 0 radical (unpaired) electrons. The molecule has 1 aromatic carbocycles. The fraction of sp³-hybridized carbons (Fsp3) is 0.562. The summed E-state index contributed by atoms with van der Waals surface area (Å²) < 4.78 is 1.15. The van der Waals surface area contributed by atoms with Gasteiger partial charge >= 0.3 is 0 Å². The maximum atomic E-state index is 11.5. The minimum Gasteiger partial charge on any atom is -0.356 e. The summed E-state index contributed by atoms with van der Waals surface area (Å²) in [6.45, 7) is 3.63. The van der Waals surface area contributed by atoms with Gasteiger partial charge in [0, 0.05) is 30.0 Å². The normalized spacial score (nSPS) is 21.3. The molecular formula is C16H23BrN2O. The third kappa shape index (κ3) is 4.60. The minimum absolute atomic E-state index is 0.155. The SMILES string of the molecule is CCCNC(=O)CCNC1CC(c2cccc(Br)c2)C1. The van der Waals surface area contributed by atoms with Crippen LogP contribution in [-0.4, -0.2) is 25.0 Å². The van der Waals surface area contributed by atoms with Crippen molar-refractivity contribution in [2.45, 2.75) is 44.6 Å². The molecule has 110 valence electrons. The van der Waals surface area contributed by atoms with Crippen LogP contribution in [0.4, 0.5) is 0 Å². The lowest BCUT2D eigenvalue weighted by Gasteiger charge is -2.36. The molecule has 1 amide bonds. The summed E-state index contributed by atoms with van der Waals surface area (Å²) in [5.74, 6) is 0.820. The molecule has 1 aliphatic carbocycles. The number of carbonyl (C=O) groups excluding carboxylic acids is 1. The van der Waals surface area contributed by atoms with Crippen LogP contribution in [0.25, 0.3) is 0 Å². The Morgan fingerprint density at radius 1 is 1.35 bits per heavy atom. The summed E-state index contributed by atoms with van der Waals surface area (Å²) in [7, 11) is 0. The van der Waals surface area contributed by atoms with Gasteiger partial charge in [-0.05, 0) is 42.9 Å². The average molecular weight is 339 g/mol. The predicted octanol–water partition coefficient (Wildman–Crippen LogP) is 3.20. The van der Waals surface area contributed by atoms with E-state index in [0.29, 0.717) is 18.4 Å². The number of hydrogen-bond acceptors (Lipinski definition) is 2. The number of benzene rings is 1. The van der Waals surface area contributed by atoms with Crippen LogP contribution in [0.1, 0.15) is 44.1 Å². The number of halogens is 1. The molecule has 2 rings (SSSR count). The first-order valence-corrected chi connectivity index (χ1v) is 8.24. The van der Waals surface area contributed by atoms with Gasteiger partial charge in [-0.25, -0.2) is 0 Å². The molecule has 0 aliphatic heterocycles. The number of nitrogens with one attached hydrogen (secondary N) is 2. The van der Waals surface area contributed by atoms with Crippen molar-refractivity contribution in [3.8, 4) is 0 Å². The van der Waals surface area contributed by atoms with Gasteiger partial charge in [-0.2, -0.15) is 0 Å². The van der Waals surface area contributed by atoms with Crippen molar-refractivity contribution in [1.29, 1.82) is 0 Å². The van der Waals surface area contributed by atoms with E-state index in [4.69, 9.17) is 0 Å². The smallest absolute Gasteiger partial charge is 0.221 e. The molecule has 0 bridgehead atoms. The van der Waals surface area contributed by atoms with Gasteiger partial charge in [0.2, 0.25) is 5.91 Å². The van der Waals surface area contributed by atoms with Crippen molar-refractivity contribution in [1.82, 2.24) is 10.6 Å². The van der Waals surface area contributed by atoms with Gasteiger partial charge in [-0.15, -0.1) is 0 Å². The maximum absolute atomic E-state index is 11.5. The molecule has 4 heteroatoms. The summed E-state index contributed by atoms with van der Waals surface area (Å²) in [5.41, 5.74) is 1.41. The van der Waals surface area contributed by atoms with Crippen LogP contribution in [0, 0.1) is 0 Å². The van der Waals surface area contributed by atoms with Gasteiger partial charge in [0.25, 0.3) is 0 Å². The Labute approximate surface area is 129 Å². The van der Waals surface area contributed by atoms with Crippen LogP contribution in [0.3, 0.4) is 0 Å². The van der Waals surface area contributed by atoms with Crippen molar-refractivity contribution in [2.75, 3.05) is 13.1 Å². The topological polar surface area (TPSA) is 41.1 Å². The standard InChI is InChI=1S/C16H23BrN2O/c1-2-7-19-16(20)6-8-18-15-10-13(11-15)12-4-3-5-14(17)9-12/h3-5,9,13,15,18H,2,6-8,10-11H2,1H3,(H,19,20). The van der Waals surface area contributed by atoms with Crippen molar-refractivity contribution in [3.63, 3.8) is 0 Å². The average Bonchev–Trinajstić information content (AvgIpc) is 2.39. The molecule has 0 heterocycles. The van der Waals surface area contributed by atoms with Gasteiger partial charge in [0.1, 0.15) is 0 Å². The number of carbonyl (C=O) groups is 1. The Morgan fingerprint density at radius 3 is 2.85 bits per heavy atom. The van der Waals surface area contributed by atoms with Gasteiger partial charge in [0.15, 0.2) is 0 Å². The molecule has 1 aliphatic rings. The molecule has 0 saturated heterocycles. The van der Waals surface area contributed by atoms with Crippen molar-refractivity contribution in [2.24, 2.45) is 0 Å². The second-order valence-corrected chi connectivity index (χ2v) is 6.39. The van der Waals surface area contributed by atoms with Crippen LogP contribution in [0.2, 0.25) is 0 Å². The van der Waals surface area contributed by atoms with Gasteiger partial charge in [-0.3, -0.25) is 4.79 Å². The highest BCUT2D eigenvalue weighted by Crippen LogP contribution is 2.37. The Hall–Kier alpha value is -0.870. The largest absolute Gasteiger partial charge is 0.356 e. The van der Waals surface area contributed by atoms with Crippen molar-refractivity contribution >= 4 is 21.8 Å². The number of rotatable bonds is 7. The predicted molar refractivity (Wildman–Crippen MR) is 85.8 cm³/mol. The van der Waals surface area contributed by atoms with Crippen molar-refractivity contribution < 1.29 is 4.79 Å². The molecular weight excluding hydrogens is 316 g/mol. The molecule has 0 atom stereocenters. The highest BCUT2D eigenvalue weighted by atomic mass is 79.9. The van der Waals surface area contributed by atoms with E-state index in [0.717, 1.165) is 24.0 Å². The quantitative estimate of drug-likeness (QED) is 0.801. The molecule has 1 saturated carbocycles. The molecule has 20 heavy (non-hydrogen) atoms. The Morgan fingerprint density at radius 2 is 2.15 bits per heavy atom. The zero-order valence-electron chi connectivity index (χ0n) is 12.0. The van der Waals surface area contributed by atoms with E-state index in [9.17, 15) is 4.79 Å².